The lowest BCUT2D eigenvalue weighted by Crippen LogP contribution is -2.16. The molecule has 0 saturated carbocycles. The molecule has 1 aliphatic heterocycles. The number of hydrogen-bond donors (Lipinski definition) is 1. The smallest absolute Gasteiger partial charge is 0.330 e. The van der Waals surface area contributed by atoms with Crippen molar-refractivity contribution in [3.63, 3.8) is 0 Å². The summed E-state index contributed by atoms with van der Waals surface area (Å²) in [5.41, 5.74) is 0.218. The normalized spacial score (nSPS) is 15.4. The molecule has 1 fully saturated rings. The Hall–Kier alpha value is -2.12. The van der Waals surface area contributed by atoms with E-state index in [1.165, 1.54) is 6.26 Å². The van der Waals surface area contributed by atoms with Crippen molar-refractivity contribution in [3.05, 3.63) is 37.6 Å². The van der Waals surface area contributed by atoms with Crippen LogP contribution < -0.4 is 0 Å². The largest absolute Gasteiger partial charge is 0.499 e. The van der Waals surface area contributed by atoms with Gasteiger partial charge in [0.2, 0.25) is 0 Å². The molecular weight excluding hydrogens is 328 g/mol. The van der Waals surface area contributed by atoms with Gasteiger partial charge in [0.1, 0.15) is 13.2 Å². The molecule has 0 bridgehead atoms. The van der Waals surface area contributed by atoms with Crippen LogP contribution in [0.3, 0.4) is 0 Å². The van der Waals surface area contributed by atoms with E-state index < -0.39 is 5.97 Å². The van der Waals surface area contributed by atoms with Gasteiger partial charge in [-0.3, -0.25) is 0 Å². The second-order valence-corrected chi connectivity index (χ2v) is 5.13. The Kier molecular flexibility index (Phi) is 14.1. The fraction of sp³-hybridized carbons (Fsp3) is 0.556. The van der Waals surface area contributed by atoms with E-state index in [0.717, 1.165) is 25.5 Å². The van der Waals surface area contributed by atoms with Crippen LogP contribution in [0.5, 0.6) is 0 Å². The Morgan fingerprint density at radius 2 is 2.00 bits per heavy atom. The zero-order valence-corrected chi connectivity index (χ0v) is 14.6. The minimum Gasteiger partial charge on any atom is -0.499 e. The van der Waals surface area contributed by atoms with Gasteiger partial charge in [-0.1, -0.05) is 19.7 Å². The van der Waals surface area contributed by atoms with Crippen LogP contribution in [0.4, 0.5) is 0 Å². The van der Waals surface area contributed by atoms with E-state index in [1.54, 1.807) is 0 Å². The fourth-order valence-electron chi connectivity index (χ4n) is 1.80. The molecule has 1 aliphatic rings. The molecule has 0 amide bonds. The molecular formula is C18H28O7. The maximum atomic E-state index is 10.6. The van der Waals surface area contributed by atoms with E-state index in [2.05, 4.69) is 19.7 Å². The zero-order valence-electron chi connectivity index (χ0n) is 14.6. The predicted molar refractivity (Wildman–Crippen MR) is 93.1 cm³/mol. The summed E-state index contributed by atoms with van der Waals surface area (Å²) >= 11 is 0. The monoisotopic (exact) mass is 356 g/mol. The van der Waals surface area contributed by atoms with Gasteiger partial charge in [0.25, 0.3) is 0 Å². The number of carboxylic acids is 1. The van der Waals surface area contributed by atoms with Gasteiger partial charge < -0.3 is 24.1 Å². The van der Waals surface area contributed by atoms with Gasteiger partial charge in [0.05, 0.1) is 19.0 Å². The van der Waals surface area contributed by atoms with Crippen molar-refractivity contribution < 1.29 is 33.6 Å². The number of hydrogen-bond acceptors (Lipinski definition) is 6. The van der Waals surface area contributed by atoms with Gasteiger partial charge in [-0.25, -0.2) is 9.59 Å². The van der Waals surface area contributed by atoms with Gasteiger partial charge >= 0.3 is 11.9 Å². The quantitative estimate of drug-likeness (QED) is 0.249. The maximum absolute atomic E-state index is 10.6. The Morgan fingerprint density at radius 1 is 1.24 bits per heavy atom. The topological polar surface area (TPSA) is 91.3 Å². The molecule has 0 aromatic rings. The summed E-state index contributed by atoms with van der Waals surface area (Å²) in [6.07, 6.45) is 5.81. The Labute approximate surface area is 148 Å². The first kappa shape index (κ1) is 22.9. The van der Waals surface area contributed by atoms with E-state index in [0.29, 0.717) is 39.3 Å². The highest BCUT2D eigenvalue weighted by Crippen LogP contribution is 2.11. The summed E-state index contributed by atoms with van der Waals surface area (Å²) < 4.78 is 20.0. The first-order valence-corrected chi connectivity index (χ1v) is 8.13. The van der Waals surface area contributed by atoms with E-state index >= 15 is 0 Å². The zero-order chi connectivity index (χ0) is 18.9. The van der Waals surface area contributed by atoms with Crippen molar-refractivity contribution in [2.45, 2.75) is 31.8 Å². The third kappa shape index (κ3) is 14.0. The average molecular weight is 356 g/mol. The summed E-state index contributed by atoms with van der Waals surface area (Å²) in [6.45, 7) is 12.7. The lowest BCUT2D eigenvalue weighted by Gasteiger charge is -2.07. The van der Waals surface area contributed by atoms with Gasteiger partial charge in [-0.2, -0.15) is 0 Å². The first-order chi connectivity index (χ1) is 12.0. The minimum absolute atomic E-state index is 0.110. The molecule has 0 radical (unpaired) electrons. The average Bonchev–Trinajstić information content (AvgIpc) is 3.12. The molecule has 7 nitrogen and oxygen atoms in total. The highest BCUT2D eigenvalue weighted by atomic mass is 16.6. The van der Waals surface area contributed by atoms with E-state index in [-0.39, 0.29) is 17.6 Å². The number of carboxylic acid groups (broad SMARTS) is 1. The summed E-state index contributed by atoms with van der Waals surface area (Å²) in [7, 11) is 0. The predicted octanol–water partition coefficient (Wildman–Crippen LogP) is 2.48. The summed E-state index contributed by atoms with van der Waals surface area (Å²) in [5, 5.41) is 8.48. The molecule has 1 unspecified atom stereocenters. The molecule has 7 heteroatoms. The van der Waals surface area contributed by atoms with Crippen LogP contribution in [0.2, 0.25) is 0 Å². The van der Waals surface area contributed by atoms with Gasteiger partial charge in [-0.15, -0.1) is 0 Å². The highest BCUT2D eigenvalue weighted by molar-refractivity contribution is 5.85. The number of rotatable bonds is 12. The van der Waals surface area contributed by atoms with Gasteiger partial charge in [0.15, 0.2) is 0 Å². The number of carbonyl (C=O) groups excluding carboxylic acids is 1. The highest BCUT2D eigenvalue weighted by Gasteiger charge is 2.16. The van der Waals surface area contributed by atoms with Crippen molar-refractivity contribution in [1.82, 2.24) is 0 Å². The van der Waals surface area contributed by atoms with Crippen LogP contribution in [0.15, 0.2) is 37.6 Å². The third-order valence-corrected chi connectivity index (χ3v) is 3.14. The van der Waals surface area contributed by atoms with E-state index in [4.69, 9.17) is 24.1 Å². The number of carbonyl (C=O) groups is 2. The second-order valence-electron chi connectivity index (χ2n) is 5.13. The van der Waals surface area contributed by atoms with Gasteiger partial charge in [-0.05, 0) is 25.7 Å². The molecule has 0 aromatic heterocycles. The molecule has 1 rings (SSSR count). The van der Waals surface area contributed by atoms with Crippen LogP contribution in [0, 0.1) is 0 Å². The van der Waals surface area contributed by atoms with E-state index in [9.17, 15) is 9.59 Å². The van der Waals surface area contributed by atoms with Crippen molar-refractivity contribution in [3.8, 4) is 0 Å². The first-order valence-electron chi connectivity index (χ1n) is 8.13. The fourth-order valence-corrected chi connectivity index (χ4v) is 1.80. The van der Waals surface area contributed by atoms with Crippen molar-refractivity contribution in [1.29, 1.82) is 0 Å². The van der Waals surface area contributed by atoms with E-state index in [1.807, 2.05) is 0 Å². The Morgan fingerprint density at radius 3 is 2.56 bits per heavy atom. The summed E-state index contributed by atoms with van der Waals surface area (Å²) in [6, 6.07) is 0. The van der Waals surface area contributed by atoms with Crippen molar-refractivity contribution >= 4 is 11.9 Å². The summed E-state index contributed by atoms with van der Waals surface area (Å²) in [4.78, 5) is 20.9. The maximum Gasteiger partial charge on any atom is 0.330 e. The molecule has 0 spiro atoms. The van der Waals surface area contributed by atoms with Crippen LogP contribution in [0.25, 0.3) is 0 Å². The number of aliphatic carboxylic acids is 1. The standard InChI is InChI=1S/C10H16O4.C8H12O3/c1-3-13-7-8-14-6-4-5-9(2)10(11)12;1-2-8(9)11-6-7-4-3-5-10-7/h3H,1-2,4-8H2,(H,11,12);2,7H,1,3-6H2. The number of ether oxygens (including phenoxy) is 4. The SMILES string of the molecule is C=CC(=O)OCC1CCCO1.C=COCCOCCCC(=C)C(=O)O. The second kappa shape index (κ2) is 15.4. The number of esters is 1. The lowest BCUT2D eigenvalue weighted by molar-refractivity contribution is -0.141. The lowest BCUT2D eigenvalue weighted by atomic mass is 10.2. The van der Waals surface area contributed by atoms with Crippen molar-refractivity contribution in [2.24, 2.45) is 0 Å². The molecule has 142 valence electrons. The minimum atomic E-state index is -0.944. The summed E-state index contributed by atoms with van der Waals surface area (Å²) in [5.74, 6) is -1.32. The molecule has 0 aliphatic carbocycles. The van der Waals surface area contributed by atoms with Crippen LogP contribution in [0.1, 0.15) is 25.7 Å². The van der Waals surface area contributed by atoms with Gasteiger partial charge in [0, 0.05) is 24.9 Å². The molecule has 1 heterocycles. The Bertz CT molecular complexity index is 425. The molecule has 25 heavy (non-hydrogen) atoms. The van der Waals surface area contributed by atoms with Crippen LogP contribution >= 0.6 is 0 Å². The molecule has 1 saturated heterocycles. The molecule has 0 aromatic carbocycles. The van der Waals surface area contributed by atoms with Crippen LogP contribution in [-0.2, 0) is 28.5 Å². The molecule has 1 N–H and O–H groups in total. The van der Waals surface area contributed by atoms with Crippen LogP contribution in [-0.4, -0.2) is 56.2 Å². The molecule has 1 atom stereocenters. The Balaban J connectivity index is 0.000000472. The van der Waals surface area contributed by atoms with Crippen molar-refractivity contribution in [2.75, 3.05) is 33.0 Å². The third-order valence-electron chi connectivity index (χ3n) is 3.14.